The Bertz CT molecular complexity index is 377. The van der Waals surface area contributed by atoms with E-state index in [0.717, 1.165) is 10.0 Å². The minimum Gasteiger partial charge on any atom is -0.377 e. The first-order valence-corrected chi connectivity index (χ1v) is 6.12. The van der Waals surface area contributed by atoms with Gasteiger partial charge in [0.1, 0.15) is 0 Å². The summed E-state index contributed by atoms with van der Waals surface area (Å²) in [5, 5.41) is 0. The summed E-state index contributed by atoms with van der Waals surface area (Å²) in [6, 6.07) is 7.62. The molecule has 0 unspecified atom stereocenters. The minimum absolute atomic E-state index is 0.0864. The third-order valence-electron chi connectivity index (χ3n) is 2.72. The summed E-state index contributed by atoms with van der Waals surface area (Å²) in [7, 11) is 0. The highest BCUT2D eigenvalue weighted by molar-refractivity contribution is 9.10. The van der Waals surface area contributed by atoms with Crippen LogP contribution in [0.1, 0.15) is 17.3 Å². The number of ether oxygens (including phenoxy) is 1. The molecule has 16 heavy (non-hydrogen) atoms. The van der Waals surface area contributed by atoms with Crippen LogP contribution in [-0.2, 0) is 4.74 Å². The molecule has 0 aliphatic carbocycles. The summed E-state index contributed by atoms with van der Waals surface area (Å²) >= 11 is 3.36. The van der Waals surface area contributed by atoms with Crippen LogP contribution in [0.5, 0.6) is 0 Å². The number of carbonyl (C=O) groups is 1. The highest BCUT2D eigenvalue weighted by atomic mass is 79.9. The zero-order valence-corrected chi connectivity index (χ0v) is 10.7. The molecule has 3 nitrogen and oxygen atoms in total. The summed E-state index contributed by atoms with van der Waals surface area (Å²) in [5.41, 5.74) is 0.733. The minimum atomic E-state index is 0.0864. The Hall–Kier alpha value is -0.870. The summed E-state index contributed by atoms with van der Waals surface area (Å²) in [5.74, 6) is 0.0864. The molecular formula is C12H14BrNO2. The Morgan fingerprint density at radius 2 is 2.12 bits per heavy atom. The highest BCUT2D eigenvalue weighted by Gasteiger charge is 2.24. The molecule has 1 aromatic carbocycles. The highest BCUT2D eigenvalue weighted by Crippen LogP contribution is 2.15. The first-order chi connectivity index (χ1) is 7.68. The number of hydrogen-bond acceptors (Lipinski definition) is 2. The summed E-state index contributed by atoms with van der Waals surface area (Å²) in [6.45, 7) is 3.95. The van der Waals surface area contributed by atoms with Gasteiger partial charge in [-0.3, -0.25) is 4.79 Å². The molecule has 0 saturated carbocycles. The standard InChI is InChI=1S/C12H14BrNO2/c1-9-8-16-7-6-14(9)12(15)10-2-4-11(13)5-3-10/h2-5,9H,6-8H2,1H3/t9-/m1/s1. The molecule has 1 fully saturated rings. The molecule has 0 N–H and O–H groups in total. The number of nitrogens with zero attached hydrogens (tertiary/aromatic N) is 1. The second-order valence-electron chi connectivity index (χ2n) is 3.93. The maximum Gasteiger partial charge on any atom is 0.254 e. The van der Waals surface area contributed by atoms with E-state index in [1.165, 1.54) is 0 Å². The van der Waals surface area contributed by atoms with E-state index in [1.54, 1.807) is 0 Å². The Kier molecular flexibility index (Phi) is 3.61. The van der Waals surface area contributed by atoms with Gasteiger partial charge >= 0.3 is 0 Å². The van der Waals surface area contributed by atoms with Gasteiger partial charge in [0.05, 0.1) is 19.3 Å². The number of carbonyl (C=O) groups excluding carboxylic acids is 1. The van der Waals surface area contributed by atoms with Gasteiger partial charge in [-0.05, 0) is 31.2 Å². The van der Waals surface area contributed by atoms with E-state index in [4.69, 9.17) is 4.74 Å². The summed E-state index contributed by atoms with van der Waals surface area (Å²) < 4.78 is 6.30. The van der Waals surface area contributed by atoms with Crippen LogP contribution < -0.4 is 0 Å². The monoisotopic (exact) mass is 283 g/mol. The van der Waals surface area contributed by atoms with Gasteiger partial charge in [-0.15, -0.1) is 0 Å². The lowest BCUT2D eigenvalue weighted by molar-refractivity contribution is 0.00359. The van der Waals surface area contributed by atoms with Gasteiger partial charge in [-0.2, -0.15) is 0 Å². The number of benzene rings is 1. The van der Waals surface area contributed by atoms with E-state index >= 15 is 0 Å². The van der Waals surface area contributed by atoms with E-state index in [2.05, 4.69) is 15.9 Å². The molecule has 1 amide bonds. The molecule has 1 aromatic rings. The fraction of sp³-hybridized carbons (Fsp3) is 0.417. The van der Waals surface area contributed by atoms with Gasteiger partial charge in [-0.25, -0.2) is 0 Å². The van der Waals surface area contributed by atoms with Crippen LogP contribution in [0, 0.1) is 0 Å². The first kappa shape index (κ1) is 11.6. The lowest BCUT2D eigenvalue weighted by Crippen LogP contribution is -2.47. The molecule has 4 heteroatoms. The van der Waals surface area contributed by atoms with E-state index in [-0.39, 0.29) is 11.9 Å². The zero-order chi connectivity index (χ0) is 11.5. The first-order valence-electron chi connectivity index (χ1n) is 5.33. The number of amides is 1. The second-order valence-corrected chi connectivity index (χ2v) is 4.85. The molecule has 1 atom stereocenters. The molecule has 1 aliphatic rings. The molecule has 1 aliphatic heterocycles. The van der Waals surface area contributed by atoms with Crippen molar-refractivity contribution in [1.82, 2.24) is 4.90 Å². The Morgan fingerprint density at radius 3 is 2.75 bits per heavy atom. The Balaban J connectivity index is 2.14. The number of rotatable bonds is 1. The van der Waals surface area contributed by atoms with Crippen LogP contribution in [0.2, 0.25) is 0 Å². The summed E-state index contributed by atoms with van der Waals surface area (Å²) in [4.78, 5) is 14.0. The fourth-order valence-electron chi connectivity index (χ4n) is 1.79. The van der Waals surface area contributed by atoms with Crippen LogP contribution in [0.3, 0.4) is 0 Å². The van der Waals surface area contributed by atoms with E-state index in [9.17, 15) is 4.79 Å². The van der Waals surface area contributed by atoms with Crippen molar-refractivity contribution in [2.45, 2.75) is 13.0 Å². The zero-order valence-electron chi connectivity index (χ0n) is 9.15. The Morgan fingerprint density at radius 1 is 1.44 bits per heavy atom. The number of morpholine rings is 1. The van der Waals surface area contributed by atoms with Crippen LogP contribution in [0.15, 0.2) is 28.7 Å². The van der Waals surface area contributed by atoms with Crippen molar-refractivity contribution in [3.8, 4) is 0 Å². The molecule has 2 rings (SSSR count). The predicted octanol–water partition coefficient (Wildman–Crippen LogP) is 2.31. The molecule has 1 heterocycles. The maximum absolute atomic E-state index is 12.2. The average Bonchev–Trinajstić information content (AvgIpc) is 2.30. The largest absolute Gasteiger partial charge is 0.377 e. The van der Waals surface area contributed by atoms with Crippen molar-refractivity contribution in [2.24, 2.45) is 0 Å². The van der Waals surface area contributed by atoms with E-state index < -0.39 is 0 Å². The van der Waals surface area contributed by atoms with Gasteiger partial charge in [0, 0.05) is 16.6 Å². The second kappa shape index (κ2) is 4.97. The maximum atomic E-state index is 12.2. The van der Waals surface area contributed by atoms with Crippen LogP contribution in [0.4, 0.5) is 0 Å². The van der Waals surface area contributed by atoms with Crippen LogP contribution >= 0.6 is 15.9 Å². The quantitative estimate of drug-likeness (QED) is 0.792. The lowest BCUT2D eigenvalue weighted by atomic mass is 10.1. The number of hydrogen-bond donors (Lipinski definition) is 0. The van der Waals surface area contributed by atoms with Crippen LogP contribution in [-0.4, -0.2) is 36.6 Å². The third kappa shape index (κ3) is 2.44. The van der Waals surface area contributed by atoms with Crippen molar-refractivity contribution in [3.63, 3.8) is 0 Å². The van der Waals surface area contributed by atoms with Gasteiger partial charge in [-0.1, -0.05) is 15.9 Å². The van der Waals surface area contributed by atoms with Crippen molar-refractivity contribution in [2.75, 3.05) is 19.8 Å². The van der Waals surface area contributed by atoms with Gasteiger partial charge in [0.2, 0.25) is 0 Å². The lowest BCUT2D eigenvalue weighted by Gasteiger charge is -2.33. The van der Waals surface area contributed by atoms with E-state index in [1.807, 2.05) is 36.1 Å². The predicted molar refractivity (Wildman–Crippen MR) is 65.5 cm³/mol. The van der Waals surface area contributed by atoms with E-state index in [0.29, 0.717) is 19.8 Å². The Labute approximate surface area is 104 Å². The normalized spacial score (nSPS) is 20.9. The average molecular weight is 284 g/mol. The molecule has 0 spiro atoms. The van der Waals surface area contributed by atoms with Crippen molar-refractivity contribution >= 4 is 21.8 Å². The van der Waals surface area contributed by atoms with Crippen LogP contribution in [0.25, 0.3) is 0 Å². The molecule has 0 aromatic heterocycles. The fourth-order valence-corrected chi connectivity index (χ4v) is 2.05. The smallest absolute Gasteiger partial charge is 0.254 e. The van der Waals surface area contributed by atoms with Crippen molar-refractivity contribution in [3.05, 3.63) is 34.3 Å². The van der Waals surface area contributed by atoms with Gasteiger partial charge in [0.15, 0.2) is 0 Å². The molecule has 0 radical (unpaired) electrons. The van der Waals surface area contributed by atoms with Crippen molar-refractivity contribution in [1.29, 1.82) is 0 Å². The topological polar surface area (TPSA) is 29.5 Å². The van der Waals surface area contributed by atoms with Gasteiger partial charge in [0.25, 0.3) is 5.91 Å². The van der Waals surface area contributed by atoms with Crippen molar-refractivity contribution < 1.29 is 9.53 Å². The molecule has 0 bridgehead atoms. The third-order valence-corrected chi connectivity index (χ3v) is 3.25. The molecular weight excluding hydrogens is 270 g/mol. The molecule has 86 valence electrons. The number of halogens is 1. The summed E-state index contributed by atoms with van der Waals surface area (Å²) in [6.07, 6.45) is 0. The SMILES string of the molecule is C[C@@H]1COCCN1C(=O)c1ccc(Br)cc1. The molecule has 1 saturated heterocycles. The van der Waals surface area contributed by atoms with Gasteiger partial charge < -0.3 is 9.64 Å².